The molecule has 1 aromatic rings. The molecule has 2 rings (SSSR count). The molecule has 15 heavy (non-hydrogen) atoms. The first-order valence-electron chi connectivity index (χ1n) is 5.09. The molecule has 3 nitrogen and oxygen atoms in total. The Kier molecular flexibility index (Phi) is 3.46. The number of ether oxygens (including phenoxy) is 1. The standard InChI is InChI=1S/C11H14ClNO2/c12-9-4-1-3-8(11(9)14)7-15-10-5-2-6-13-10/h1,3-4,10,13-14H,2,5-7H2. The van der Waals surface area contributed by atoms with E-state index in [-0.39, 0.29) is 12.0 Å². The first-order chi connectivity index (χ1) is 7.27. The van der Waals surface area contributed by atoms with Crippen LogP contribution < -0.4 is 5.32 Å². The Bertz CT molecular complexity index is 337. The van der Waals surface area contributed by atoms with E-state index in [0.717, 1.165) is 24.9 Å². The monoisotopic (exact) mass is 227 g/mol. The van der Waals surface area contributed by atoms with E-state index < -0.39 is 0 Å². The summed E-state index contributed by atoms with van der Waals surface area (Å²) in [5.74, 6) is 0.122. The van der Waals surface area contributed by atoms with Crippen LogP contribution in [0.1, 0.15) is 18.4 Å². The van der Waals surface area contributed by atoms with Gasteiger partial charge in [0.15, 0.2) is 0 Å². The minimum atomic E-state index is 0.114. The topological polar surface area (TPSA) is 41.5 Å². The van der Waals surface area contributed by atoms with E-state index >= 15 is 0 Å². The normalized spacial score (nSPS) is 20.7. The van der Waals surface area contributed by atoms with Crippen molar-refractivity contribution in [2.75, 3.05) is 6.54 Å². The quantitative estimate of drug-likeness (QED) is 0.833. The van der Waals surface area contributed by atoms with Gasteiger partial charge < -0.3 is 9.84 Å². The molecule has 1 aliphatic heterocycles. The molecule has 1 aromatic carbocycles. The molecule has 1 saturated heterocycles. The Morgan fingerprint density at radius 2 is 2.40 bits per heavy atom. The van der Waals surface area contributed by atoms with Crippen LogP contribution in [0.2, 0.25) is 5.02 Å². The van der Waals surface area contributed by atoms with Crippen molar-refractivity contribution in [1.29, 1.82) is 0 Å². The lowest BCUT2D eigenvalue weighted by atomic mass is 10.2. The fraction of sp³-hybridized carbons (Fsp3) is 0.455. The van der Waals surface area contributed by atoms with Crippen molar-refractivity contribution >= 4 is 11.6 Å². The molecule has 0 aliphatic carbocycles. The number of aromatic hydroxyl groups is 1. The van der Waals surface area contributed by atoms with Crippen LogP contribution in [0.15, 0.2) is 18.2 Å². The third kappa shape index (κ3) is 2.62. The maximum atomic E-state index is 9.64. The zero-order chi connectivity index (χ0) is 10.7. The smallest absolute Gasteiger partial charge is 0.139 e. The van der Waals surface area contributed by atoms with Crippen LogP contribution in [0.25, 0.3) is 0 Å². The molecule has 0 spiro atoms. The molecule has 82 valence electrons. The van der Waals surface area contributed by atoms with Crippen LogP contribution in [-0.2, 0) is 11.3 Å². The molecule has 0 amide bonds. The lowest BCUT2D eigenvalue weighted by Crippen LogP contribution is -2.24. The van der Waals surface area contributed by atoms with Gasteiger partial charge in [-0.05, 0) is 25.5 Å². The molecule has 1 aliphatic rings. The highest BCUT2D eigenvalue weighted by Crippen LogP contribution is 2.27. The summed E-state index contributed by atoms with van der Waals surface area (Å²) in [5.41, 5.74) is 0.733. The molecule has 0 radical (unpaired) electrons. The minimum Gasteiger partial charge on any atom is -0.506 e. The lowest BCUT2D eigenvalue weighted by molar-refractivity contribution is 0.0302. The summed E-state index contributed by atoms with van der Waals surface area (Å²) in [5, 5.41) is 13.2. The van der Waals surface area contributed by atoms with Gasteiger partial charge in [0.1, 0.15) is 12.0 Å². The summed E-state index contributed by atoms with van der Waals surface area (Å²) in [4.78, 5) is 0. The van der Waals surface area contributed by atoms with E-state index in [1.165, 1.54) is 0 Å². The minimum absolute atomic E-state index is 0.114. The zero-order valence-electron chi connectivity index (χ0n) is 8.37. The van der Waals surface area contributed by atoms with Crippen molar-refractivity contribution in [2.24, 2.45) is 0 Å². The number of rotatable bonds is 3. The number of benzene rings is 1. The van der Waals surface area contributed by atoms with Gasteiger partial charge >= 0.3 is 0 Å². The molecule has 0 bridgehead atoms. The number of para-hydroxylation sites is 1. The Morgan fingerprint density at radius 3 is 3.13 bits per heavy atom. The fourth-order valence-electron chi connectivity index (χ4n) is 1.66. The second-order valence-corrected chi connectivity index (χ2v) is 4.05. The van der Waals surface area contributed by atoms with Crippen LogP contribution in [-0.4, -0.2) is 17.9 Å². The van der Waals surface area contributed by atoms with E-state index in [2.05, 4.69) is 5.32 Å². The van der Waals surface area contributed by atoms with Gasteiger partial charge in [-0.3, -0.25) is 5.32 Å². The third-order valence-electron chi connectivity index (χ3n) is 2.53. The summed E-state index contributed by atoms with van der Waals surface area (Å²) in [6, 6.07) is 5.28. The second-order valence-electron chi connectivity index (χ2n) is 3.64. The highest BCUT2D eigenvalue weighted by molar-refractivity contribution is 6.32. The van der Waals surface area contributed by atoms with Crippen LogP contribution >= 0.6 is 11.6 Å². The van der Waals surface area contributed by atoms with Gasteiger partial charge in [0, 0.05) is 5.56 Å². The lowest BCUT2D eigenvalue weighted by Gasteiger charge is -2.12. The summed E-state index contributed by atoms with van der Waals surface area (Å²) in [6.45, 7) is 1.40. The molecule has 1 atom stereocenters. The van der Waals surface area contributed by atoms with E-state index in [1.807, 2.05) is 12.1 Å². The molecule has 0 saturated carbocycles. The van der Waals surface area contributed by atoms with Gasteiger partial charge in [-0.1, -0.05) is 23.7 Å². The maximum Gasteiger partial charge on any atom is 0.139 e. The maximum absolute atomic E-state index is 9.64. The zero-order valence-corrected chi connectivity index (χ0v) is 9.13. The molecule has 4 heteroatoms. The summed E-state index contributed by atoms with van der Waals surface area (Å²) >= 11 is 5.79. The second kappa shape index (κ2) is 4.84. The first kappa shape index (κ1) is 10.7. The number of halogens is 1. The Morgan fingerprint density at radius 1 is 1.53 bits per heavy atom. The number of phenolic OH excluding ortho intramolecular Hbond substituents is 1. The average Bonchev–Trinajstić information content (AvgIpc) is 2.73. The van der Waals surface area contributed by atoms with Crippen molar-refractivity contribution in [3.63, 3.8) is 0 Å². The number of nitrogens with one attached hydrogen (secondary N) is 1. The van der Waals surface area contributed by atoms with Crippen LogP contribution in [0, 0.1) is 0 Å². The van der Waals surface area contributed by atoms with Gasteiger partial charge in [-0.15, -0.1) is 0 Å². The van der Waals surface area contributed by atoms with Crippen LogP contribution in [0.3, 0.4) is 0 Å². The van der Waals surface area contributed by atoms with Gasteiger partial charge in [-0.25, -0.2) is 0 Å². The van der Waals surface area contributed by atoms with E-state index in [1.54, 1.807) is 6.07 Å². The molecule has 1 unspecified atom stereocenters. The Balaban J connectivity index is 1.95. The molecular formula is C11H14ClNO2. The highest BCUT2D eigenvalue weighted by Gasteiger charge is 2.15. The first-order valence-corrected chi connectivity index (χ1v) is 5.46. The van der Waals surface area contributed by atoms with Gasteiger partial charge in [0.05, 0.1) is 11.6 Å². The molecular weight excluding hydrogens is 214 g/mol. The van der Waals surface area contributed by atoms with Crippen molar-refractivity contribution in [3.05, 3.63) is 28.8 Å². The van der Waals surface area contributed by atoms with Gasteiger partial charge in [-0.2, -0.15) is 0 Å². The molecule has 1 fully saturated rings. The largest absolute Gasteiger partial charge is 0.506 e. The molecule has 2 N–H and O–H groups in total. The van der Waals surface area contributed by atoms with Crippen LogP contribution in [0.5, 0.6) is 5.75 Å². The van der Waals surface area contributed by atoms with Gasteiger partial charge in [0.25, 0.3) is 0 Å². The van der Waals surface area contributed by atoms with E-state index in [4.69, 9.17) is 16.3 Å². The molecule has 0 aromatic heterocycles. The van der Waals surface area contributed by atoms with Crippen LogP contribution in [0.4, 0.5) is 0 Å². The predicted octanol–water partition coefficient (Wildman–Crippen LogP) is 2.27. The molecule has 1 heterocycles. The van der Waals surface area contributed by atoms with Crippen molar-refractivity contribution in [3.8, 4) is 5.75 Å². The summed E-state index contributed by atoms with van der Waals surface area (Å²) in [7, 11) is 0. The Labute approximate surface area is 94.0 Å². The predicted molar refractivity (Wildman–Crippen MR) is 58.9 cm³/mol. The number of hydrogen-bond donors (Lipinski definition) is 2. The van der Waals surface area contributed by atoms with E-state index in [9.17, 15) is 5.11 Å². The van der Waals surface area contributed by atoms with Crippen molar-refractivity contribution in [2.45, 2.75) is 25.7 Å². The third-order valence-corrected chi connectivity index (χ3v) is 2.83. The number of hydrogen-bond acceptors (Lipinski definition) is 3. The van der Waals surface area contributed by atoms with Gasteiger partial charge in [0.2, 0.25) is 0 Å². The fourth-order valence-corrected chi connectivity index (χ4v) is 1.86. The Hall–Kier alpha value is -0.770. The highest BCUT2D eigenvalue weighted by atomic mass is 35.5. The average molecular weight is 228 g/mol. The van der Waals surface area contributed by atoms with Crippen molar-refractivity contribution < 1.29 is 9.84 Å². The summed E-state index contributed by atoms with van der Waals surface area (Å²) in [6.07, 6.45) is 2.29. The number of phenols is 1. The SMILES string of the molecule is Oc1c(Cl)cccc1COC1CCCN1. The van der Waals surface area contributed by atoms with E-state index in [0.29, 0.717) is 11.6 Å². The summed E-state index contributed by atoms with van der Waals surface area (Å²) < 4.78 is 5.60. The van der Waals surface area contributed by atoms with Crippen molar-refractivity contribution in [1.82, 2.24) is 5.32 Å².